The molecule has 2 heteroatoms. The van der Waals surface area contributed by atoms with Crippen molar-refractivity contribution in [3.8, 4) is 6.07 Å². The van der Waals surface area contributed by atoms with Crippen molar-refractivity contribution in [2.24, 2.45) is 0 Å². The number of nitrogens with zero attached hydrogens (tertiary/aromatic N) is 2. The molecule has 1 aromatic rings. The van der Waals surface area contributed by atoms with Crippen LogP contribution in [0.2, 0.25) is 0 Å². The van der Waals surface area contributed by atoms with Gasteiger partial charge in [-0.05, 0) is 24.6 Å². The van der Waals surface area contributed by atoms with Crippen LogP contribution in [0.15, 0.2) is 24.4 Å². The van der Waals surface area contributed by atoms with E-state index < -0.39 is 0 Å². The quantitative estimate of drug-likeness (QED) is 0.564. The average Bonchev–Trinajstić information content (AvgIpc) is 2.04. The van der Waals surface area contributed by atoms with Crippen molar-refractivity contribution in [3.63, 3.8) is 0 Å². The van der Waals surface area contributed by atoms with Gasteiger partial charge in [0.25, 0.3) is 0 Å². The maximum atomic E-state index is 8.22. The minimum Gasteiger partial charge on any atom is -0.257 e. The standard InChI is InChI=1S/C9H8N2/c1-8-4-5-9(11-7-8)3-2-6-10/h2-5,7H,1H3. The van der Waals surface area contributed by atoms with Crippen molar-refractivity contribution in [2.45, 2.75) is 6.92 Å². The van der Waals surface area contributed by atoms with E-state index in [0.717, 1.165) is 11.3 Å². The topological polar surface area (TPSA) is 36.7 Å². The summed E-state index contributed by atoms with van der Waals surface area (Å²) in [7, 11) is 0. The van der Waals surface area contributed by atoms with Crippen molar-refractivity contribution in [1.82, 2.24) is 4.98 Å². The lowest BCUT2D eigenvalue weighted by atomic mass is 10.2. The summed E-state index contributed by atoms with van der Waals surface area (Å²) in [5, 5.41) is 8.22. The van der Waals surface area contributed by atoms with Crippen molar-refractivity contribution < 1.29 is 0 Å². The molecule has 0 aliphatic rings. The van der Waals surface area contributed by atoms with Gasteiger partial charge in [0.1, 0.15) is 0 Å². The largest absolute Gasteiger partial charge is 0.257 e. The molecule has 0 amide bonds. The van der Waals surface area contributed by atoms with Crippen LogP contribution in [0.3, 0.4) is 0 Å². The smallest absolute Gasteiger partial charge is 0.0912 e. The molecule has 0 aliphatic heterocycles. The molecule has 54 valence electrons. The summed E-state index contributed by atoms with van der Waals surface area (Å²) in [4.78, 5) is 4.08. The Hall–Kier alpha value is -1.62. The number of aryl methyl sites for hydroxylation is 1. The zero-order chi connectivity index (χ0) is 8.10. The number of nitriles is 1. The number of rotatable bonds is 1. The monoisotopic (exact) mass is 144 g/mol. The van der Waals surface area contributed by atoms with Gasteiger partial charge in [0.15, 0.2) is 0 Å². The molecule has 0 atom stereocenters. The van der Waals surface area contributed by atoms with Crippen LogP contribution in [0.4, 0.5) is 0 Å². The minimum absolute atomic E-state index is 0.817. The third-order valence-corrected chi connectivity index (χ3v) is 1.26. The molecule has 11 heavy (non-hydrogen) atoms. The molecule has 0 aromatic carbocycles. The van der Waals surface area contributed by atoms with Crippen LogP contribution in [0.1, 0.15) is 11.3 Å². The lowest BCUT2D eigenvalue weighted by Gasteiger charge is -1.91. The van der Waals surface area contributed by atoms with Crippen molar-refractivity contribution in [3.05, 3.63) is 35.7 Å². The number of pyridine rings is 1. The first-order chi connectivity index (χ1) is 5.33. The molecule has 1 heterocycles. The van der Waals surface area contributed by atoms with Gasteiger partial charge >= 0.3 is 0 Å². The van der Waals surface area contributed by atoms with Gasteiger partial charge in [-0.1, -0.05) is 6.07 Å². The number of hydrogen-bond acceptors (Lipinski definition) is 2. The Morgan fingerprint density at radius 3 is 2.91 bits per heavy atom. The van der Waals surface area contributed by atoms with Gasteiger partial charge in [-0.3, -0.25) is 4.98 Å². The number of hydrogen-bond donors (Lipinski definition) is 0. The normalized spacial score (nSPS) is 9.82. The van der Waals surface area contributed by atoms with Gasteiger partial charge in [0.05, 0.1) is 11.8 Å². The lowest BCUT2D eigenvalue weighted by Crippen LogP contribution is -1.79. The first kappa shape index (κ1) is 7.49. The summed E-state index contributed by atoms with van der Waals surface area (Å²) in [6.07, 6.45) is 4.87. The molecule has 0 bridgehead atoms. The van der Waals surface area contributed by atoms with E-state index in [1.165, 1.54) is 6.08 Å². The van der Waals surface area contributed by atoms with Crippen LogP contribution in [0.5, 0.6) is 0 Å². The SMILES string of the molecule is Cc1ccc(C=CC#N)nc1. The lowest BCUT2D eigenvalue weighted by molar-refractivity contribution is 1.24. The Balaban J connectivity index is 2.84. The predicted octanol–water partition coefficient (Wildman–Crippen LogP) is 1.93. The molecule has 0 saturated carbocycles. The van der Waals surface area contributed by atoms with E-state index in [1.54, 1.807) is 12.3 Å². The van der Waals surface area contributed by atoms with Crippen LogP contribution < -0.4 is 0 Å². The fourth-order valence-electron chi connectivity index (χ4n) is 0.700. The predicted molar refractivity (Wildman–Crippen MR) is 43.6 cm³/mol. The summed E-state index contributed by atoms with van der Waals surface area (Å²) < 4.78 is 0. The Morgan fingerprint density at radius 2 is 2.36 bits per heavy atom. The molecule has 0 radical (unpaired) electrons. The van der Waals surface area contributed by atoms with E-state index in [0.29, 0.717) is 0 Å². The molecule has 0 aliphatic carbocycles. The second-order valence-electron chi connectivity index (χ2n) is 2.22. The van der Waals surface area contributed by atoms with E-state index in [2.05, 4.69) is 4.98 Å². The molecule has 1 rings (SSSR count). The maximum Gasteiger partial charge on any atom is 0.0912 e. The Labute approximate surface area is 65.8 Å². The molecular weight excluding hydrogens is 136 g/mol. The van der Waals surface area contributed by atoms with Crippen LogP contribution in [0.25, 0.3) is 6.08 Å². The molecule has 0 saturated heterocycles. The summed E-state index contributed by atoms with van der Waals surface area (Å²) in [5.74, 6) is 0. The van der Waals surface area contributed by atoms with Crippen molar-refractivity contribution >= 4 is 6.08 Å². The molecular formula is C9H8N2. The third-order valence-electron chi connectivity index (χ3n) is 1.26. The van der Waals surface area contributed by atoms with Crippen molar-refractivity contribution in [1.29, 1.82) is 5.26 Å². The van der Waals surface area contributed by atoms with E-state index in [4.69, 9.17) is 5.26 Å². The molecule has 0 unspecified atom stereocenters. The van der Waals surface area contributed by atoms with Crippen LogP contribution in [-0.2, 0) is 0 Å². The second kappa shape index (κ2) is 3.52. The summed E-state index contributed by atoms with van der Waals surface area (Å²) in [6, 6.07) is 5.75. The van der Waals surface area contributed by atoms with Gasteiger partial charge < -0.3 is 0 Å². The summed E-state index contributed by atoms with van der Waals surface area (Å²) >= 11 is 0. The van der Waals surface area contributed by atoms with Gasteiger partial charge in [-0.25, -0.2) is 0 Å². The first-order valence-corrected chi connectivity index (χ1v) is 3.32. The van der Waals surface area contributed by atoms with E-state index in [9.17, 15) is 0 Å². The van der Waals surface area contributed by atoms with E-state index >= 15 is 0 Å². The molecule has 0 N–H and O–H groups in total. The number of allylic oxidation sites excluding steroid dienone is 1. The second-order valence-corrected chi connectivity index (χ2v) is 2.22. The van der Waals surface area contributed by atoms with Gasteiger partial charge in [0.2, 0.25) is 0 Å². The fourth-order valence-corrected chi connectivity index (χ4v) is 0.700. The van der Waals surface area contributed by atoms with Crippen LogP contribution >= 0.6 is 0 Å². The zero-order valence-corrected chi connectivity index (χ0v) is 6.28. The molecule has 2 nitrogen and oxygen atoms in total. The highest BCUT2D eigenvalue weighted by molar-refractivity contribution is 5.47. The third kappa shape index (κ3) is 2.23. The fraction of sp³-hybridized carbons (Fsp3) is 0.111. The summed E-state index contributed by atoms with van der Waals surface area (Å²) in [6.45, 7) is 1.98. The Kier molecular flexibility index (Phi) is 2.40. The van der Waals surface area contributed by atoms with E-state index in [-0.39, 0.29) is 0 Å². The van der Waals surface area contributed by atoms with Crippen LogP contribution in [-0.4, -0.2) is 4.98 Å². The highest BCUT2D eigenvalue weighted by Gasteiger charge is 1.85. The molecule has 0 spiro atoms. The first-order valence-electron chi connectivity index (χ1n) is 3.32. The maximum absolute atomic E-state index is 8.22. The molecule has 1 aromatic heterocycles. The summed E-state index contributed by atoms with van der Waals surface area (Å²) in [5.41, 5.74) is 1.94. The highest BCUT2D eigenvalue weighted by atomic mass is 14.7. The minimum atomic E-state index is 0.817. The van der Waals surface area contributed by atoms with Gasteiger partial charge in [0, 0.05) is 12.3 Å². The highest BCUT2D eigenvalue weighted by Crippen LogP contribution is 1.99. The zero-order valence-electron chi connectivity index (χ0n) is 6.28. The van der Waals surface area contributed by atoms with Crippen molar-refractivity contribution in [2.75, 3.05) is 0 Å². The average molecular weight is 144 g/mol. The Bertz CT molecular complexity index is 290. The number of aromatic nitrogens is 1. The Morgan fingerprint density at radius 1 is 1.55 bits per heavy atom. The van der Waals surface area contributed by atoms with Crippen LogP contribution in [0, 0.1) is 18.3 Å². The van der Waals surface area contributed by atoms with Gasteiger partial charge in [-0.2, -0.15) is 5.26 Å². The van der Waals surface area contributed by atoms with Gasteiger partial charge in [-0.15, -0.1) is 0 Å². The van der Waals surface area contributed by atoms with E-state index in [1.807, 2.05) is 25.1 Å². The molecule has 0 fully saturated rings.